The van der Waals surface area contributed by atoms with Gasteiger partial charge in [0.05, 0.1) is 29.1 Å². The van der Waals surface area contributed by atoms with E-state index in [9.17, 15) is 4.79 Å². The van der Waals surface area contributed by atoms with Crippen LogP contribution in [0.15, 0.2) is 0 Å². The van der Waals surface area contributed by atoms with Crippen LogP contribution in [0.1, 0.15) is 24.2 Å². The summed E-state index contributed by atoms with van der Waals surface area (Å²) < 4.78 is 5.96. The number of halogens is 1. The van der Waals surface area contributed by atoms with Gasteiger partial charge in [0.25, 0.3) is 0 Å². The monoisotopic (exact) mass is 296 g/mol. The van der Waals surface area contributed by atoms with E-state index in [2.05, 4.69) is 15.1 Å². The lowest BCUT2D eigenvalue weighted by molar-refractivity contribution is -0.136. The lowest BCUT2D eigenvalue weighted by atomic mass is 10.1. The van der Waals surface area contributed by atoms with Crippen molar-refractivity contribution in [1.82, 2.24) is 20.0 Å². The number of carbonyl (C=O) groups is 1. The fourth-order valence-electron chi connectivity index (χ4n) is 3.83. The molecule has 3 fully saturated rings. The van der Waals surface area contributed by atoms with Crippen LogP contribution in [0.4, 0.5) is 0 Å². The average Bonchev–Trinajstić information content (AvgIpc) is 3.12. The summed E-state index contributed by atoms with van der Waals surface area (Å²) in [5.41, 5.74) is 1.36. The first-order valence-electron chi connectivity index (χ1n) is 6.99. The van der Waals surface area contributed by atoms with E-state index in [0.29, 0.717) is 24.6 Å². The molecular formula is C13H17ClN4O2. The Kier molecular flexibility index (Phi) is 2.64. The molecular weight excluding hydrogens is 280 g/mol. The van der Waals surface area contributed by atoms with Gasteiger partial charge in [-0.3, -0.25) is 14.8 Å². The van der Waals surface area contributed by atoms with Gasteiger partial charge < -0.3 is 9.64 Å². The smallest absolute Gasteiger partial charge is 0.226 e. The van der Waals surface area contributed by atoms with Gasteiger partial charge in [-0.15, -0.1) is 0 Å². The van der Waals surface area contributed by atoms with Crippen molar-refractivity contribution >= 4 is 17.5 Å². The molecule has 7 heteroatoms. The Morgan fingerprint density at radius 1 is 1.55 bits per heavy atom. The Morgan fingerprint density at radius 3 is 3.15 bits per heavy atom. The van der Waals surface area contributed by atoms with E-state index < -0.39 is 0 Å². The van der Waals surface area contributed by atoms with Crippen LogP contribution in [-0.4, -0.2) is 57.4 Å². The fourth-order valence-corrected chi connectivity index (χ4v) is 3.97. The molecule has 0 aromatic carbocycles. The van der Waals surface area contributed by atoms with Crippen LogP contribution in [-0.2, 0) is 16.1 Å². The SMILES string of the molecule is Cc1[nH]nc(CN2CC[C@@]34OCCN3C(=O)C[C@@H]24)c1Cl. The van der Waals surface area contributed by atoms with E-state index in [4.69, 9.17) is 16.3 Å². The minimum Gasteiger partial charge on any atom is -0.352 e. The Bertz CT molecular complexity index is 575. The predicted molar refractivity (Wildman–Crippen MR) is 72.2 cm³/mol. The Hall–Kier alpha value is -1.11. The summed E-state index contributed by atoms with van der Waals surface area (Å²) in [6.45, 7) is 4.87. The molecule has 4 rings (SSSR count). The molecule has 1 N–H and O–H groups in total. The zero-order valence-electron chi connectivity index (χ0n) is 11.4. The molecule has 0 saturated carbocycles. The number of likely N-dealkylation sites (tertiary alicyclic amines) is 1. The van der Waals surface area contributed by atoms with Crippen LogP contribution < -0.4 is 0 Å². The zero-order valence-corrected chi connectivity index (χ0v) is 12.1. The molecule has 3 aliphatic heterocycles. The quantitative estimate of drug-likeness (QED) is 0.881. The number of H-pyrrole nitrogens is 1. The summed E-state index contributed by atoms with van der Waals surface area (Å²) in [7, 11) is 0. The summed E-state index contributed by atoms with van der Waals surface area (Å²) in [6.07, 6.45) is 1.42. The van der Waals surface area contributed by atoms with Crippen molar-refractivity contribution in [1.29, 1.82) is 0 Å². The molecule has 2 atom stereocenters. The predicted octanol–water partition coefficient (Wildman–Crippen LogP) is 0.905. The molecule has 0 radical (unpaired) electrons. The second-order valence-corrected chi connectivity index (χ2v) is 6.17. The topological polar surface area (TPSA) is 61.5 Å². The van der Waals surface area contributed by atoms with E-state index >= 15 is 0 Å². The lowest BCUT2D eigenvalue weighted by Gasteiger charge is -2.31. The Morgan fingerprint density at radius 2 is 2.40 bits per heavy atom. The largest absolute Gasteiger partial charge is 0.352 e. The van der Waals surface area contributed by atoms with Gasteiger partial charge in [-0.05, 0) is 6.92 Å². The number of nitrogens with zero attached hydrogens (tertiary/aromatic N) is 3. The van der Waals surface area contributed by atoms with E-state index in [-0.39, 0.29) is 17.7 Å². The molecule has 1 aromatic heterocycles. The van der Waals surface area contributed by atoms with Gasteiger partial charge in [0.15, 0.2) is 5.72 Å². The molecule has 6 nitrogen and oxygen atoms in total. The number of hydrogen-bond donors (Lipinski definition) is 1. The van der Waals surface area contributed by atoms with Gasteiger partial charge in [-0.25, -0.2) is 0 Å². The summed E-state index contributed by atoms with van der Waals surface area (Å²) >= 11 is 6.24. The van der Waals surface area contributed by atoms with Crippen molar-refractivity contribution in [3.8, 4) is 0 Å². The second kappa shape index (κ2) is 4.19. The number of hydrogen-bond acceptors (Lipinski definition) is 4. The number of ether oxygens (including phenoxy) is 1. The molecule has 1 amide bonds. The van der Waals surface area contributed by atoms with Gasteiger partial charge >= 0.3 is 0 Å². The van der Waals surface area contributed by atoms with Crippen molar-refractivity contribution in [2.75, 3.05) is 19.7 Å². The number of aromatic amines is 1. The average molecular weight is 297 g/mol. The first-order chi connectivity index (χ1) is 9.62. The maximum Gasteiger partial charge on any atom is 0.226 e. The lowest BCUT2D eigenvalue weighted by Crippen LogP contribution is -2.47. The summed E-state index contributed by atoms with van der Waals surface area (Å²) in [4.78, 5) is 16.3. The number of rotatable bonds is 2. The number of carbonyl (C=O) groups excluding carboxylic acids is 1. The van der Waals surface area contributed by atoms with Crippen molar-refractivity contribution in [2.24, 2.45) is 0 Å². The van der Waals surface area contributed by atoms with Crippen LogP contribution >= 0.6 is 11.6 Å². The van der Waals surface area contributed by atoms with Crippen LogP contribution in [0.25, 0.3) is 0 Å². The van der Waals surface area contributed by atoms with Gasteiger partial charge in [-0.2, -0.15) is 5.10 Å². The fraction of sp³-hybridized carbons (Fsp3) is 0.692. The molecule has 4 heterocycles. The Balaban J connectivity index is 1.60. The standard InChI is InChI=1S/C13H17ClN4O2/c1-8-12(14)9(16-15-8)7-17-3-2-13-10(17)6-11(19)18(13)4-5-20-13/h10H,2-7H2,1H3,(H,15,16)/t10-,13+/m1/s1. The van der Waals surface area contributed by atoms with Crippen LogP contribution in [0.3, 0.4) is 0 Å². The van der Waals surface area contributed by atoms with Crippen molar-refractivity contribution in [3.05, 3.63) is 16.4 Å². The van der Waals surface area contributed by atoms with Crippen molar-refractivity contribution in [3.63, 3.8) is 0 Å². The van der Waals surface area contributed by atoms with Gasteiger partial charge in [0, 0.05) is 32.5 Å². The number of amides is 1. The third kappa shape index (κ3) is 1.52. The highest BCUT2D eigenvalue weighted by atomic mass is 35.5. The minimum absolute atomic E-state index is 0.130. The summed E-state index contributed by atoms with van der Waals surface area (Å²) in [5.74, 6) is 0.210. The van der Waals surface area contributed by atoms with Crippen LogP contribution in [0.2, 0.25) is 5.02 Å². The number of aryl methyl sites for hydroxylation is 1. The van der Waals surface area contributed by atoms with Crippen LogP contribution in [0.5, 0.6) is 0 Å². The molecule has 0 bridgehead atoms. The first-order valence-corrected chi connectivity index (χ1v) is 7.37. The first kappa shape index (κ1) is 12.6. The highest BCUT2D eigenvalue weighted by molar-refractivity contribution is 6.31. The second-order valence-electron chi connectivity index (χ2n) is 5.79. The number of nitrogens with one attached hydrogen (secondary N) is 1. The molecule has 0 aliphatic carbocycles. The summed E-state index contributed by atoms with van der Waals surface area (Å²) in [6, 6.07) is 0.130. The van der Waals surface area contributed by atoms with Gasteiger partial charge in [0.2, 0.25) is 5.91 Å². The molecule has 1 aromatic rings. The highest BCUT2D eigenvalue weighted by Crippen LogP contribution is 2.46. The van der Waals surface area contributed by atoms with Crippen molar-refractivity contribution < 1.29 is 9.53 Å². The van der Waals surface area contributed by atoms with E-state index in [1.165, 1.54) is 0 Å². The molecule has 0 unspecified atom stereocenters. The summed E-state index contributed by atoms with van der Waals surface area (Å²) in [5, 5.41) is 7.86. The third-order valence-corrected chi connectivity index (χ3v) is 5.31. The molecule has 108 valence electrons. The van der Waals surface area contributed by atoms with Gasteiger partial charge in [0.1, 0.15) is 0 Å². The molecule has 3 aliphatic rings. The number of aromatic nitrogens is 2. The van der Waals surface area contributed by atoms with Gasteiger partial charge in [-0.1, -0.05) is 11.6 Å². The Labute approximate surface area is 122 Å². The minimum atomic E-state index is -0.380. The third-order valence-electron chi connectivity index (χ3n) is 4.81. The van der Waals surface area contributed by atoms with E-state index in [0.717, 1.165) is 30.9 Å². The van der Waals surface area contributed by atoms with Crippen molar-refractivity contribution in [2.45, 2.75) is 38.1 Å². The zero-order chi connectivity index (χ0) is 13.9. The van der Waals surface area contributed by atoms with E-state index in [1.807, 2.05) is 11.8 Å². The highest BCUT2D eigenvalue weighted by Gasteiger charge is 2.61. The van der Waals surface area contributed by atoms with Crippen LogP contribution in [0, 0.1) is 6.92 Å². The molecule has 1 spiro atoms. The maximum atomic E-state index is 12.1. The molecule has 20 heavy (non-hydrogen) atoms. The maximum absolute atomic E-state index is 12.1. The van der Waals surface area contributed by atoms with E-state index in [1.54, 1.807) is 0 Å². The molecule has 3 saturated heterocycles. The normalized spacial score (nSPS) is 33.0.